The molecule has 0 atom stereocenters. The standard InChI is InChI=1S/C16H18F3N3O4/c1-24-9-3-4-13(23)22(25-2)10-11-5-7-12(8-6-11)14-20-15(26-21-14)16(17,18)19/h5-8H,3-4,9-10H2,1-2H3. The number of hydrogen-bond acceptors (Lipinski definition) is 6. The highest BCUT2D eigenvalue weighted by Gasteiger charge is 2.38. The fraction of sp³-hybridized carbons (Fsp3) is 0.438. The Morgan fingerprint density at radius 2 is 1.92 bits per heavy atom. The lowest BCUT2D eigenvalue weighted by atomic mass is 10.1. The van der Waals surface area contributed by atoms with Crippen molar-refractivity contribution in [2.24, 2.45) is 0 Å². The first-order valence-corrected chi connectivity index (χ1v) is 7.68. The predicted octanol–water partition coefficient (Wildman–Crippen LogP) is 3.07. The van der Waals surface area contributed by atoms with E-state index < -0.39 is 12.1 Å². The predicted molar refractivity (Wildman–Crippen MR) is 83.4 cm³/mol. The summed E-state index contributed by atoms with van der Waals surface area (Å²) in [6.45, 7) is 0.672. The van der Waals surface area contributed by atoms with Crippen LogP contribution in [-0.4, -0.2) is 41.9 Å². The number of alkyl halides is 3. The maximum atomic E-state index is 12.5. The van der Waals surface area contributed by atoms with Crippen LogP contribution >= 0.6 is 0 Å². The molecular weight excluding hydrogens is 355 g/mol. The van der Waals surface area contributed by atoms with E-state index in [1.54, 1.807) is 31.4 Å². The molecule has 1 aromatic carbocycles. The van der Waals surface area contributed by atoms with Gasteiger partial charge in [-0.05, 0) is 12.0 Å². The first kappa shape index (κ1) is 19.9. The largest absolute Gasteiger partial charge is 0.471 e. The van der Waals surface area contributed by atoms with E-state index in [1.807, 2.05) is 0 Å². The van der Waals surface area contributed by atoms with Crippen LogP contribution < -0.4 is 0 Å². The molecule has 0 bridgehead atoms. The maximum Gasteiger partial charge on any atom is 0.471 e. The summed E-state index contributed by atoms with van der Waals surface area (Å²) in [7, 11) is 2.95. The van der Waals surface area contributed by atoms with Crippen LogP contribution in [-0.2, 0) is 27.1 Å². The number of benzene rings is 1. The number of aromatic nitrogens is 2. The molecule has 0 aliphatic heterocycles. The monoisotopic (exact) mass is 373 g/mol. The summed E-state index contributed by atoms with van der Waals surface area (Å²) in [6, 6.07) is 6.38. The quantitative estimate of drug-likeness (QED) is 0.523. The molecule has 0 saturated heterocycles. The normalized spacial score (nSPS) is 11.6. The zero-order chi connectivity index (χ0) is 19.2. The van der Waals surface area contributed by atoms with Crippen LogP contribution in [0.5, 0.6) is 0 Å². The van der Waals surface area contributed by atoms with Crippen LogP contribution in [0.2, 0.25) is 0 Å². The minimum Gasteiger partial charge on any atom is -0.385 e. The van der Waals surface area contributed by atoms with Gasteiger partial charge in [0.2, 0.25) is 11.7 Å². The van der Waals surface area contributed by atoms with Gasteiger partial charge in [-0.15, -0.1) is 0 Å². The molecule has 0 aliphatic carbocycles. The number of methoxy groups -OCH3 is 1. The van der Waals surface area contributed by atoms with E-state index in [0.29, 0.717) is 18.6 Å². The van der Waals surface area contributed by atoms with Crippen LogP contribution in [0, 0.1) is 0 Å². The Morgan fingerprint density at radius 3 is 2.46 bits per heavy atom. The van der Waals surface area contributed by atoms with Crippen molar-refractivity contribution in [1.82, 2.24) is 15.2 Å². The lowest BCUT2D eigenvalue weighted by Gasteiger charge is -2.19. The molecule has 1 amide bonds. The highest BCUT2D eigenvalue weighted by molar-refractivity contribution is 5.75. The topological polar surface area (TPSA) is 77.7 Å². The Morgan fingerprint density at radius 1 is 1.23 bits per heavy atom. The average molecular weight is 373 g/mol. The van der Waals surface area contributed by atoms with Crippen molar-refractivity contribution in [3.05, 3.63) is 35.7 Å². The van der Waals surface area contributed by atoms with Crippen LogP contribution in [0.3, 0.4) is 0 Å². The first-order valence-electron chi connectivity index (χ1n) is 7.68. The van der Waals surface area contributed by atoms with E-state index in [9.17, 15) is 18.0 Å². The van der Waals surface area contributed by atoms with Gasteiger partial charge >= 0.3 is 12.1 Å². The SMILES string of the molecule is COCCCC(=O)N(Cc1ccc(-c2noc(C(F)(F)F)n2)cc1)OC. The summed E-state index contributed by atoms with van der Waals surface area (Å²) in [4.78, 5) is 20.5. The maximum absolute atomic E-state index is 12.5. The zero-order valence-electron chi connectivity index (χ0n) is 14.2. The molecule has 1 heterocycles. The lowest BCUT2D eigenvalue weighted by Crippen LogP contribution is -2.29. The van der Waals surface area contributed by atoms with E-state index >= 15 is 0 Å². The number of halogens is 3. The lowest BCUT2D eigenvalue weighted by molar-refractivity contribution is -0.179. The van der Waals surface area contributed by atoms with Crippen molar-refractivity contribution in [3.63, 3.8) is 0 Å². The van der Waals surface area contributed by atoms with Crippen molar-refractivity contribution in [2.75, 3.05) is 20.8 Å². The Bertz CT molecular complexity index is 716. The van der Waals surface area contributed by atoms with E-state index in [-0.39, 0.29) is 24.7 Å². The van der Waals surface area contributed by atoms with Crippen molar-refractivity contribution < 1.29 is 32.1 Å². The van der Waals surface area contributed by atoms with Gasteiger partial charge in [0.25, 0.3) is 0 Å². The number of nitrogens with zero attached hydrogens (tertiary/aromatic N) is 3. The average Bonchev–Trinajstić information content (AvgIpc) is 3.11. The van der Waals surface area contributed by atoms with Gasteiger partial charge < -0.3 is 9.26 Å². The third-order valence-corrected chi connectivity index (χ3v) is 3.44. The number of ether oxygens (including phenoxy) is 1. The van der Waals surface area contributed by atoms with E-state index in [0.717, 1.165) is 5.56 Å². The molecule has 2 rings (SSSR count). The van der Waals surface area contributed by atoms with Gasteiger partial charge in [0.15, 0.2) is 0 Å². The fourth-order valence-electron chi connectivity index (χ4n) is 2.13. The molecule has 0 unspecified atom stereocenters. The molecule has 142 valence electrons. The van der Waals surface area contributed by atoms with Crippen molar-refractivity contribution >= 4 is 5.91 Å². The van der Waals surface area contributed by atoms with Gasteiger partial charge in [-0.3, -0.25) is 9.63 Å². The molecule has 7 nitrogen and oxygen atoms in total. The molecule has 0 N–H and O–H groups in total. The summed E-state index contributed by atoms with van der Waals surface area (Å²) >= 11 is 0. The molecule has 0 spiro atoms. The van der Waals surface area contributed by atoms with Gasteiger partial charge in [-0.1, -0.05) is 29.4 Å². The van der Waals surface area contributed by atoms with Gasteiger partial charge in [0, 0.05) is 25.7 Å². The van der Waals surface area contributed by atoms with Gasteiger partial charge in [-0.2, -0.15) is 18.2 Å². The van der Waals surface area contributed by atoms with Gasteiger partial charge in [0.1, 0.15) is 0 Å². The second-order valence-corrected chi connectivity index (χ2v) is 5.33. The smallest absolute Gasteiger partial charge is 0.385 e. The van der Waals surface area contributed by atoms with Crippen LogP contribution in [0.15, 0.2) is 28.8 Å². The number of carbonyl (C=O) groups excluding carboxylic acids is 1. The summed E-state index contributed by atoms with van der Waals surface area (Å²) in [5, 5.41) is 4.53. The summed E-state index contributed by atoms with van der Waals surface area (Å²) in [5.41, 5.74) is 1.10. The van der Waals surface area contributed by atoms with Crippen molar-refractivity contribution in [1.29, 1.82) is 0 Å². The number of rotatable bonds is 8. The first-order chi connectivity index (χ1) is 12.3. The van der Waals surface area contributed by atoms with Crippen LogP contribution in [0.1, 0.15) is 24.3 Å². The second-order valence-electron chi connectivity index (χ2n) is 5.33. The summed E-state index contributed by atoms with van der Waals surface area (Å²) in [6.07, 6.45) is -3.83. The number of hydrogen-bond donors (Lipinski definition) is 0. The van der Waals surface area contributed by atoms with Crippen LogP contribution in [0.25, 0.3) is 11.4 Å². The molecule has 1 aromatic heterocycles. The number of carbonyl (C=O) groups is 1. The fourth-order valence-corrected chi connectivity index (χ4v) is 2.13. The second kappa shape index (κ2) is 8.77. The third kappa shape index (κ3) is 5.27. The molecular formula is C16H18F3N3O4. The molecule has 0 radical (unpaired) electrons. The van der Waals surface area contributed by atoms with Crippen LogP contribution in [0.4, 0.5) is 13.2 Å². The molecule has 0 fully saturated rings. The Hall–Kier alpha value is -2.46. The minimum absolute atomic E-state index is 0.164. The summed E-state index contributed by atoms with van der Waals surface area (Å²) < 4.78 is 46.6. The molecule has 0 aliphatic rings. The number of hydroxylamine groups is 2. The number of amides is 1. The Balaban J connectivity index is 2.02. The molecule has 2 aromatic rings. The van der Waals surface area contributed by atoms with E-state index in [4.69, 9.17) is 9.57 Å². The summed E-state index contributed by atoms with van der Waals surface area (Å²) in [5.74, 6) is -1.76. The molecule has 10 heteroatoms. The zero-order valence-corrected chi connectivity index (χ0v) is 14.2. The highest BCUT2D eigenvalue weighted by atomic mass is 19.4. The Labute approximate surface area is 147 Å². The van der Waals surface area contributed by atoms with E-state index in [1.165, 1.54) is 12.2 Å². The molecule has 0 saturated carbocycles. The van der Waals surface area contributed by atoms with Gasteiger partial charge in [-0.25, -0.2) is 5.06 Å². The van der Waals surface area contributed by atoms with E-state index in [2.05, 4.69) is 14.7 Å². The minimum atomic E-state index is -4.69. The third-order valence-electron chi connectivity index (χ3n) is 3.44. The van der Waals surface area contributed by atoms with Crippen molar-refractivity contribution in [2.45, 2.75) is 25.6 Å². The van der Waals surface area contributed by atoms with Crippen molar-refractivity contribution in [3.8, 4) is 11.4 Å². The van der Waals surface area contributed by atoms with Gasteiger partial charge in [0.05, 0.1) is 13.7 Å². The molecule has 26 heavy (non-hydrogen) atoms. The Kier molecular flexibility index (Phi) is 6.70. The highest BCUT2D eigenvalue weighted by Crippen LogP contribution is 2.29.